The molecule has 0 aromatic carbocycles. The average Bonchev–Trinajstić information content (AvgIpc) is 2.37. The van der Waals surface area contributed by atoms with E-state index in [1.54, 1.807) is 6.20 Å². The fraction of sp³-hybridized carbons (Fsp3) is 0.625. The van der Waals surface area contributed by atoms with E-state index in [-0.39, 0.29) is 0 Å². The molecule has 0 fully saturated rings. The molecular weight excluding hydrogens is 138 g/mol. The van der Waals surface area contributed by atoms with Crippen LogP contribution in [0.2, 0.25) is 0 Å². The van der Waals surface area contributed by atoms with Crippen molar-refractivity contribution in [2.75, 3.05) is 0 Å². The van der Waals surface area contributed by atoms with Crippen molar-refractivity contribution in [1.29, 1.82) is 0 Å². The smallest absolute Gasteiger partial charge is 0.105 e. The summed E-state index contributed by atoms with van der Waals surface area (Å²) in [4.78, 5) is 4.07. The van der Waals surface area contributed by atoms with Crippen LogP contribution in [0.1, 0.15) is 25.4 Å². The van der Waals surface area contributed by atoms with Gasteiger partial charge in [0.25, 0.3) is 0 Å². The highest BCUT2D eigenvalue weighted by Gasteiger charge is 1.97. The zero-order valence-corrected chi connectivity index (χ0v) is 7.76. The lowest BCUT2D eigenvalue weighted by molar-refractivity contribution is 0.788. The Morgan fingerprint density at radius 2 is 2.09 bits per heavy atom. The number of nitrogens with two attached hydrogens (primary N) is 1. The van der Waals surface area contributed by atoms with Gasteiger partial charge in [-0.15, -0.1) is 0 Å². The Hall–Kier alpha value is -0.830. The van der Waals surface area contributed by atoms with Gasteiger partial charge in [0.15, 0.2) is 0 Å². The van der Waals surface area contributed by atoms with E-state index < -0.39 is 0 Å². The van der Waals surface area contributed by atoms with Crippen LogP contribution in [0.5, 0.6) is 0 Å². The number of nitrogens with zero attached hydrogens (tertiary/aromatic N) is 2. The van der Waals surface area contributed by atoms with Crippen LogP contribution >= 0.6 is 0 Å². The minimum absolute atomic E-state index is 0.567. The van der Waals surface area contributed by atoms with Gasteiger partial charge in [-0.1, -0.05) is 13.8 Å². The van der Waals surface area contributed by atoms with Crippen molar-refractivity contribution >= 4 is 0 Å². The molecule has 0 saturated heterocycles. The molecule has 1 rings (SSSR count). The normalized spacial score (nSPS) is 8.82. The first-order chi connectivity index (χ1) is 5.25. The maximum Gasteiger partial charge on any atom is 0.105 e. The van der Waals surface area contributed by atoms with Crippen LogP contribution in [0.15, 0.2) is 6.20 Å². The number of hydrogen-bond acceptors (Lipinski definition) is 2. The molecule has 0 amide bonds. The lowest BCUT2D eigenvalue weighted by atomic mass is 10.5. The Bertz CT molecular complexity index is 203. The lowest BCUT2D eigenvalue weighted by Gasteiger charge is -1.97. The van der Waals surface area contributed by atoms with Crippen molar-refractivity contribution in [3.8, 4) is 0 Å². The molecule has 0 spiro atoms. The van der Waals surface area contributed by atoms with Gasteiger partial charge in [-0.25, -0.2) is 4.98 Å². The molecule has 0 saturated carbocycles. The highest BCUT2D eigenvalue weighted by atomic mass is 15.1. The van der Waals surface area contributed by atoms with Crippen LogP contribution in [0.4, 0.5) is 0 Å². The number of aromatic nitrogens is 2. The molecule has 0 aliphatic heterocycles. The summed E-state index contributed by atoms with van der Waals surface area (Å²) < 4.78 is 1.99. The van der Waals surface area contributed by atoms with Crippen molar-refractivity contribution < 1.29 is 0 Å². The first-order valence-corrected chi connectivity index (χ1v) is 3.93. The van der Waals surface area contributed by atoms with E-state index in [2.05, 4.69) is 4.98 Å². The van der Waals surface area contributed by atoms with E-state index in [0.29, 0.717) is 6.54 Å². The minimum Gasteiger partial charge on any atom is -0.334 e. The molecule has 64 valence electrons. The summed E-state index contributed by atoms with van der Waals surface area (Å²) in [5.74, 6) is 1.01. The lowest BCUT2D eigenvalue weighted by Crippen LogP contribution is -2.03. The van der Waals surface area contributed by atoms with Crippen LogP contribution in [0.3, 0.4) is 0 Å². The zero-order valence-electron chi connectivity index (χ0n) is 7.76. The summed E-state index contributed by atoms with van der Waals surface area (Å²) in [7, 11) is 1.96. The Balaban J connectivity index is 0.000000461. The van der Waals surface area contributed by atoms with Crippen molar-refractivity contribution in [1.82, 2.24) is 9.55 Å². The Morgan fingerprint density at radius 1 is 1.55 bits per heavy atom. The predicted octanol–water partition coefficient (Wildman–Crippen LogP) is 1.21. The maximum atomic E-state index is 5.40. The molecule has 3 nitrogen and oxygen atoms in total. The summed E-state index contributed by atoms with van der Waals surface area (Å²) >= 11 is 0. The first kappa shape index (κ1) is 10.2. The second-order valence-corrected chi connectivity index (χ2v) is 2.06. The van der Waals surface area contributed by atoms with E-state index in [0.717, 1.165) is 11.5 Å². The molecule has 2 N–H and O–H groups in total. The van der Waals surface area contributed by atoms with Gasteiger partial charge >= 0.3 is 0 Å². The fourth-order valence-electron chi connectivity index (χ4n) is 0.739. The van der Waals surface area contributed by atoms with E-state index in [4.69, 9.17) is 5.73 Å². The molecule has 3 heteroatoms. The third kappa shape index (κ3) is 2.35. The standard InChI is InChI=1S/C6H11N3.C2H6/c1-5-8-4-6(3-7)9(5)2;1-2/h4H,3,7H2,1-2H3;1-2H3. The summed E-state index contributed by atoms with van der Waals surface area (Å²) in [6.45, 7) is 6.52. The Morgan fingerprint density at radius 3 is 2.27 bits per heavy atom. The molecule has 0 atom stereocenters. The number of aryl methyl sites for hydroxylation is 1. The summed E-state index contributed by atoms with van der Waals surface area (Å²) in [5, 5.41) is 0. The number of hydrogen-bond donors (Lipinski definition) is 1. The summed E-state index contributed by atoms with van der Waals surface area (Å²) in [6, 6.07) is 0. The van der Waals surface area contributed by atoms with E-state index >= 15 is 0 Å². The van der Waals surface area contributed by atoms with Crippen molar-refractivity contribution in [2.24, 2.45) is 12.8 Å². The van der Waals surface area contributed by atoms with E-state index in [9.17, 15) is 0 Å². The minimum atomic E-state index is 0.567. The zero-order chi connectivity index (χ0) is 8.85. The molecule has 1 aromatic heterocycles. The van der Waals surface area contributed by atoms with Crippen molar-refractivity contribution in [3.05, 3.63) is 17.7 Å². The Labute approximate surface area is 68.2 Å². The van der Waals surface area contributed by atoms with Crippen LogP contribution in [0.25, 0.3) is 0 Å². The number of imidazole rings is 1. The third-order valence-corrected chi connectivity index (χ3v) is 1.53. The van der Waals surface area contributed by atoms with Gasteiger partial charge in [0.1, 0.15) is 5.82 Å². The van der Waals surface area contributed by atoms with Gasteiger partial charge < -0.3 is 10.3 Å². The Kier molecular flexibility index (Phi) is 4.54. The quantitative estimate of drug-likeness (QED) is 0.662. The van der Waals surface area contributed by atoms with Crippen molar-refractivity contribution in [2.45, 2.75) is 27.3 Å². The number of rotatable bonds is 1. The monoisotopic (exact) mass is 155 g/mol. The maximum absolute atomic E-state index is 5.40. The van der Waals surface area contributed by atoms with Crippen molar-refractivity contribution in [3.63, 3.8) is 0 Å². The molecule has 0 bridgehead atoms. The van der Waals surface area contributed by atoms with Crippen LogP contribution in [-0.4, -0.2) is 9.55 Å². The van der Waals surface area contributed by atoms with Gasteiger partial charge in [0, 0.05) is 19.8 Å². The van der Waals surface area contributed by atoms with E-state index in [1.165, 1.54) is 0 Å². The largest absolute Gasteiger partial charge is 0.334 e. The van der Waals surface area contributed by atoms with Gasteiger partial charge in [-0.3, -0.25) is 0 Å². The first-order valence-electron chi connectivity index (χ1n) is 3.93. The average molecular weight is 155 g/mol. The molecule has 0 aliphatic carbocycles. The molecule has 0 unspecified atom stereocenters. The topological polar surface area (TPSA) is 43.8 Å². The van der Waals surface area contributed by atoms with Gasteiger partial charge in [-0.2, -0.15) is 0 Å². The van der Waals surface area contributed by atoms with Gasteiger partial charge in [0.05, 0.1) is 5.69 Å². The molecule has 1 aromatic rings. The highest BCUT2D eigenvalue weighted by molar-refractivity contribution is 5.02. The van der Waals surface area contributed by atoms with E-state index in [1.807, 2.05) is 32.4 Å². The molecule has 11 heavy (non-hydrogen) atoms. The highest BCUT2D eigenvalue weighted by Crippen LogP contribution is 1.98. The summed E-state index contributed by atoms with van der Waals surface area (Å²) in [6.07, 6.45) is 1.80. The second kappa shape index (κ2) is 4.91. The fourth-order valence-corrected chi connectivity index (χ4v) is 0.739. The van der Waals surface area contributed by atoms with Crippen LogP contribution in [-0.2, 0) is 13.6 Å². The SMILES string of the molecule is CC.Cc1ncc(CN)n1C. The summed E-state index contributed by atoms with van der Waals surface area (Å²) in [5.41, 5.74) is 6.48. The predicted molar refractivity (Wildman–Crippen MR) is 47.2 cm³/mol. The molecular formula is C8H17N3. The molecule has 0 radical (unpaired) electrons. The molecule has 1 heterocycles. The van der Waals surface area contributed by atoms with Crippen LogP contribution in [0, 0.1) is 6.92 Å². The third-order valence-electron chi connectivity index (χ3n) is 1.53. The van der Waals surface area contributed by atoms with Gasteiger partial charge in [-0.05, 0) is 6.92 Å². The van der Waals surface area contributed by atoms with Gasteiger partial charge in [0.2, 0.25) is 0 Å². The second-order valence-electron chi connectivity index (χ2n) is 2.06. The molecule has 0 aliphatic rings. The van der Waals surface area contributed by atoms with Crippen LogP contribution < -0.4 is 5.73 Å².